The molecule has 0 spiro atoms. The van der Waals surface area contributed by atoms with Crippen molar-refractivity contribution in [3.05, 3.63) is 30.1 Å². The van der Waals surface area contributed by atoms with Gasteiger partial charge in [-0.25, -0.2) is 4.98 Å². The third-order valence-corrected chi connectivity index (χ3v) is 3.99. The zero-order chi connectivity index (χ0) is 13.1. The molecule has 1 aromatic carbocycles. The predicted octanol–water partition coefficient (Wildman–Crippen LogP) is 3.43. The van der Waals surface area contributed by atoms with Gasteiger partial charge in [-0.15, -0.1) is 0 Å². The van der Waals surface area contributed by atoms with E-state index in [-0.39, 0.29) is 0 Å². The van der Waals surface area contributed by atoms with E-state index in [1.807, 2.05) is 0 Å². The molecular weight excluding hydrogens is 234 g/mol. The smallest absolute Gasteiger partial charge is 0.124 e. The van der Waals surface area contributed by atoms with Crippen LogP contribution in [0.4, 0.5) is 0 Å². The molecule has 3 heteroatoms. The van der Waals surface area contributed by atoms with Gasteiger partial charge in [-0.2, -0.15) is 0 Å². The van der Waals surface area contributed by atoms with E-state index in [0.717, 1.165) is 25.0 Å². The molecule has 102 valence electrons. The molecule has 3 nitrogen and oxygen atoms in total. The summed E-state index contributed by atoms with van der Waals surface area (Å²) in [6.45, 7) is 6.78. The first kappa shape index (κ1) is 12.7. The highest BCUT2D eigenvalue weighted by atomic mass is 15.2. The predicted molar refractivity (Wildman–Crippen MR) is 79.2 cm³/mol. The number of hydrogen-bond donors (Lipinski definition) is 0. The Morgan fingerprint density at radius 2 is 1.89 bits per heavy atom. The zero-order valence-corrected chi connectivity index (χ0v) is 11.8. The first-order valence-corrected chi connectivity index (χ1v) is 7.55. The minimum absolute atomic E-state index is 1.01. The number of fused-ring (bicyclic) bond motifs is 1. The molecule has 1 fully saturated rings. The molecule has 1 aromatic heterocycles. The van der Waals surface area contributed by atoms with Crippen molar-refractivity contribution in [2.45, 2.75) is 45.7 Å². The van der Waals surface area contributed by atoms with Crippen LogP contribution in [0.5, 0.6) is 0 Å². The van der Waals surface area contributed by atoms with Gasteiger partial charge in [0.2, 0.25) is 0 Å². The van der Waals surface area contributed by atoms with Crippen molar-refractivity contribution < 1.29 is 0 Å². The van der Waals surface area contributed by atoms with Crippen LogP contribution >= 0.6 is 0 Å². The average molecular weight is 257 g/mol. The van der Waals surface area contributed by atoms with E-state index in [1.54, 1.807) is 0 Å². The lowest BCUT2D eigenvalue weighted by Crippen LogP contribution is -2.30. The summed E-state index contributed by atoms with van der Waals surface area (Å²) in [5, 5.41) is 0. The van der Waals surface area contributed by atoms with Crippen LogP contribution in [-0.2, 0) is 13.1 Å². The molecule has 0 atom stereocenters. The Kier molecular flexibility index (Phi) is 3.83. The molecule has 2 heterocycles. The fourth-order valence-electron chi connectivity index (χ4n) is 3.04. The summed E-state index contributed by atoms with van der Waals surface area (Å²) in [4.78, 5) is 7.40. The lowest BCUT2D eigenvalue weighted by atomic mass is 10.1. The highest BCUT2D eigenvalue weighted by Crippen LogP contribution is 2.19. The lowest BCUT2D eigenvalue weighted by Gasteiger charge is -2.26. The third-order valence-electron chi connectivity index (χ3n) is 3.99. The van der Waals surface area contributed by atoms with E-state index in [0.29, 0.717) is 0 Å². The monoisotopic (exact) mass is 257 g/mol. The number of imidazole rings is 1. The van der Waals surface area contributed by atoms with Crippen molar-refractivity contribution >= 4 is 11.0 Å². The molecule has 1 aliphatic rings. The molecule has 19 heavy (non-hydrogen) atoms. The first-order valence-electron chi connectivity index (χ1n) is 7.55. The lowest BCUT2D eigenvalue weighted by molar-refractivity contribution is 0.213. The van der Waals surface area contributed by atoms with Crippen LogP contribution in [0.25, 0.3) is 11.0 Å². The van der Waals surface area contributed by atoms with Crippen molar-refractivity contribution in [3.63, 3.8) is 0 Å². The van der Waals surface area contributed by atoms with E-state index in [9.17, 15) is 0 Å². The number of aromatic nitrogens is 2. The van der Waals surface area contributed by atoms with Gasteiger partial charge in [0, 0.05) is 6.54 Å². The van der Waals surface area contributed by atoms with Crippen molar-refractivity contribution in [1.29, 1.82) is 0 Å². The number of hydrogen-bond acceptors (Lipinski definition) is 2. The van der Waals surface area contributed by atoms with Crippen LogP contribution in [0, 0.1) is 0 Å². The van der Waals surface area contributed by atoms with Crippen LogP contribution in [-0.4, -0.2) is 27.5 Å². The third kappa shape index (κ3) is 2.66. The summed E-state index contributed by atoms with van der Waals surface area (Å²) < 4.78 is 2.41. The summed E-state index contributed by atoms with van der Waals surface area (Å²) in [5.41, 5.74) is 2.43. The summed E-state index contributed by atoms with van der Waals surface area (Å²) in [6, 6.07) is 8.51. The normalized spacial score (nSPS) is 17.1. The Bertz CT molecular complexity index is 538. The SMILES string of the molecule is CCCn1c(CN2CCCCC2)nc2ccccc21. The van der Waals surface area contributed by atoms with Gasteiger partial charge in [-0.3, -0.25) is 4.90 Å². The molecule has 0 aliphatic carbocycles. The van der Waals surface area contributed by atoms with Gasteiger partial charge in [0.15, 0.2) is 0 Å². The summed E-state index contributed by atoms with van der Waals surface area (Å²) in [5.74, 6) is 1.24. The van der Waals surface area contributed by atoms with Gasteiger partial charge in [-0.05, 0) is 44.5 Å². The molecule has 0 amide bonds. The topological polar surface area (TPSA) is 21.1 Å². The van der Waals surface area contributed by atoms with Gasteiger partial charge < -0.3 is 4.57 Å². The van der Waals surface area contributed by atoms with Gasteiger partial charge in [0.05, 0.1) is 17.6 Å². The number of piperidine rings is 1. The molecule has 1 aliphatic heterocycles. The molecular formula is C16H23N3. The van der Waals surface area contributed by atoms with E-state index in [4.69, 9.17) is 4.98 Å². The van der Waals surface area contributed by atoms with Crippen LogP contribution in [0.15, 0.2) is 24.3 Å². The van der Waals surface area contributed by atoms with Crippen molar-refractivity contribution in [1.82, 2.24) is 14.5 Å². The van der Waals surface area contributed by atoms with Gasteiger partial charge >= 0.3 is 0 Å². The number of para-hydroxylation sites is 2. The van der Waals surface area contributed by atoms with Gasteiger partial charge in [0.25, 0.3) is 0 Å². The second-order valence-corrected chi connectivity index (χ2v) is 5.51. The Morgan fingerprint density at radius 1 is 1.11 bits per heavy atom. The van der Waals surface area contributed by atoms with E-state index in [1.165, 1.54) is 43.7 Å². The molecule has 2 aromatic rings. The van der Waals surface area contributed by atoms with Crippen LogP contribution in [0.1, 0.15) is 38.4 Å². The molecule has 0 radical (unpaired) electrons. The largest absolute Gasteiger partial charge is 0.327 e. The van der Waals surface area contributed by atoms with Gasteiger partial charge in [0.1, 0.15) is 5.82 Å². The highest BCUT2D eigenvalue weighted by molar-refractivity contribution is 5.75. The van der Waals surface area contributed by atoms with Crippen molar-refractivity contribution in [3.8, 4) is 0 Å². The fourth-order valence-corrected chi connectivity index (χ4v) is 3.04. The summed E-state index contributed by atoms with van der Waals surface area (Å²) in [7, 11) is 0. The van der Waals surface area contributed by atoms with Gasteiger partial charge in [-0.1, -0.05) is 25.5 Å². The number of benzene rings is 1. The Balaban J connectivity index is 1.90. The minimum atomic E-state index is 1.01. The summed E-state index contributed by atoms with van der Waals surface area (Å²) in [6.07, 6.45) is 5.23. The number of likely N-dealkylation sites (tertiary alicyclic amines) is 1. The average Bonchev–Trinajstić information content (AvgIpc) is 2.79. The number of aryl methyl sites for hydroxylation is 1. The van der Waals surface area contributed by atoms with Crippen LogP contribution in [0.3, 0.4) is 0 Å². The molecule has 0 bridgehead atoms. The minimum Gasteiger partial charge on any atom is -0.327 e. The maximum absolute atomic E-state index is 4.85. The number of rotatable bonds is 4. The zero-order valence-electron chi connectivity index (χ0n) is 11.8. The maximum atomic E-state index is 4.85. The first-order chi connectivity index (χ1) is 9.38. The van der Waals surface area contributed by atoms with Crippen LogP contribution < -0.4 is 0 Å². The Hall–Kier alpha value is -1.35. The Morgan fingerprint density at radius 3 is 2.68 bits per heavy atom. The molecule has 1 saturated heterocycles. The summed E-state index contributed by atoms with van der Waals surface area (Å²) >= 11 is 0. The molecule has 0 N–H and O–H groups in total. The maximum Gasteiger partial charge on any atom is 0.124 e. The van der Waals surface area contributed by atoms with Crippen LogP contribution in [0.2, 0.25) is 0 Å². The van der Waals surface area contributed by atoms with Crippen molar-refractivity contribution in [2.24, 2.45) is 0 Å². The second-order valence-electron chi connectivity index (χ2n) is 5.51. The molecule has 3 rings (SSSR count). The fraction of sp³-hybridized carbons (Fsp3) is 0.562. The number of nitrogens with zero attached hydrogens (tertiary/aromatic N) is 3. The van der Waals surface area contributed by atoms with Crippen molar-refractivity contribution in [2.75, 3.05) is 13.1 Å². The second kappa shape index (κ2) is 5.74. The van der Waals surface area contributed by atoms with E-state index in [2.05, 4.69) is 40.7 Å². The standard InChI is InChI=1S/C16H23N3/c1-2-10-19-15-9-5-4-8-14(15)17-16(19)13-18-11-6-3-7-12-18/h4-5,8-9H,2-3,6-7,10-13H2,1H3. The Labute approximate surface area is 115 Å². The highest BCUT2D eigenvalue weighted by Gasteiger charge is 2.15. The van der Waals surface area contributed by atoms with E-state index >= 15 is 0 Å². The molecule has 0 saturated carbocycles. The quantitative estimate of drug-likeness (QED) is 0.836. The molecule has 0 unspecified atom stereocenters. The van der Waals surface area contributed by atoms with E-state index < -0.39 is 0 Å².